The molecule has 0 bridgehead atoms. The summed E-state index contributed by atoms with van der Waals surface area (Å²) in [6, 6.07) is 12.1. The van der Waals surface area contributed by atoms with E-state index in [1.807, 2.05) is 12.1 Å². The third-order valence-electron chi connectivity index (χ3n) is 5.62. The summed E-state index contributed by atoms with van der Waals surface area (Å²) in [6.45, 7) is 1.93. The minimum absolute atomic E-state index is 0.134. The van der Waals surface area contributed by atoms with Crippen molar-refractivity contribution < 1.29 is 19.1 Å². The topological polar surface area (TPSA) is 113 Å². The van der Waals surface area contributed by atoms with Crippen molar-refractivity contribution in [2.24, 2.45) is 0 Å². The van der Waals surface area contributed by atoms with Gasteiger partial charge in [-0.3, -0.25) is 9.59 Å². The fraction of sp³-hybridized carbons (Fsp3) is 0.250. The lowest BCUT2D eigenvalue weighted by Gasteiger charge is -2.17. The van der Waals surface area contributed by atoms with E-state index in [2.05, 4.69) is 20.6 Å². The molecule has 8 nitrogen and oxygen atoms in total. The van der Waals surface area contributed by atoms with E-state index in [9.17, 15) is 14.4 Å². The zero-order chi connectivity index (χ0) is 23.6. The minimum Gasteiger partial charge on any atom is -0.465 e. The Balaban J connectivity index is 1.53. The third kappa shape index (κ3) is 4.90. The number of nitrogens with one attached hydrogen (secondary N) is 3. The molecule has 4 rings (SSSR count). The third-order valence-corrected chi connectivity index (χ3v) is 5.88. The Hall–Kier alpha value is -3.65. The van der Waals surface area contributed by atoms with Crippen molar-refractivity contribution in [2.75, 3.05) is 12.4 Å². The molecule has 0 saturated heterocycles. The summed E-state index contributed by atoms with van der Waals surface area (Å²) in [6.07, 6.45) is 3.01. The van der Waals surface area contributed by atoms with Gasteiger partial charge in [0, 0.05) is 29.1 Å². The highest BCUT2D eigenvalue weighted by Gasteiger charge is 2.51. The normalized spacial score (nSPS) is 13.8. The van der Waals surface area contributed by atoms with Gasteiger partial charge in [0.15, 0.2) is 5.82 Å². The Morgan fingerprint density at radius 1 is 1.15 bits per heavy atom. The van der Waals surface area contributed by atoms with Gasteiger partial charge in [0.1, 0.15) is 0 Å². The van der Waals surface area contributed by atoms with Crippen LogP contribution in [0.15, 0.2) is 48.7 Å². The summed E-state index contributed by atoms with van der Waals surface area (Å²) >= 11 is 5.98. The summed E-state index contributed by atoms with van der Waals surface area (Å²) in [5, 5.41) is 6.29. The van der Waals surface area contributed by atoms with Crippen LogP contribution in [0.1, 0.15) is 50.6 Å². The molecule has 33 heavy (non-hydrogen) atoms. The summed E-state index contributed by atoms with van der Waals surface area (Å²) in [5.41, 5.74) is 2.40. The maximum Gasteiger partial charge on any atom is 0.337 e. The molecule has 1 heterocycles. The lowest BCUT2D eigenvalue weighted by molar-refractivity contribution is -0.118. The van der Waals surface area contributed by atoms with Gasteiger partial charge >= 0.3 is 5.97 Å². The van der Waals surface area contributed by atoms with E-state index < -0.39 is 11.4 Å². The highest BCUT2D eigenvalue weighted by atomic mass is 35.5. The Kier molecular flexibility index (Phi) is 6.20. The minimum atomic E-state index is -0.614. The highest BCUT2D eigenvalue weighted by molar-refractivity contribution is 6.30. The maximum absolute atomic E-state index is 13.2. The molecular formula is C24H23ClN4O4. The van der Waals surface area contributed by atoms with Gasteiger partial charge in [-0.1, -0.05) is 23.7 Å². The number of halogens is 1. The van der Waals surface area contributed by atoms with Crippen molar-refractivity contribution in [1.29, 1.82) is 0 Å². The second kappa shape index (κ2) is 9.07. The molecule has 3 aromatic rings. The second-order valence-electron chi connectivity index (χ2n) is 8.05. The Morgan fingerprint density at radius 3 is 2.48 bits per heavy atom. The fourth-order valence-electron chi connectivity index (χ4n) is 3.69. The van der Waals surface area contributed by atoms with Gasteiger partial charge in [0.25, 0.3) is 5.91 Å². The first-order valence-electron chi connectivity index (χ1n) is 10.4. The van der Waals surface area contributed by atoms with E-state index in [1.165, 1.54) is 7.11 Å². The number of amides is 2. The van der Waals surface area contributed by atoms with E-state index in [0.29, 0.717) is 16.3 Å². The molecule has 1 saturated carbocycles. The molecule has 1 fully saturated rings. The predicted octanol–water partition coefficient (Wildman–Crippen LogP) is 3.76. The van der Waals surface area contributed by atoms with Crippen molar-refractivity contribution in [3.05, 3.63) is 81.9 Å². The summed E-state index contributed by atoms with van der Waals surface area (Å²) in [7, 11) is 1.29. The van der Waals surface area contributed by atoms with Gasteiger partial charge in [0.2, 0.25) is 5.91 Å². The van der Waals surface area contributed by atoms with Gasteiger partial charge in [0.05, 0.1) is 18.1 Å². The predicted molar refractivity (Wildman–Crippen MR) is 123 cm³/mol. The second-order valence-corrected chi connectivity index (χ2v) is 8.49. The number of nitrogens with zero attached hydrogens (tertiary/aromatic N) is 1. The molecule has 2 amide bonds. The zero-order valence-corrected chi connectivity index (χ0v) is 19.0. The Morgan fingerprint density at radius 2 is 1.88 bits per heavy atom. The van der Waals surface area contributed by atoms with Crippen molar-refractivity contribution >= 4 is 35.1 Å². The van der Waals surface area contributed by atoms with Crippen LogP contribution in [0.2, 0.25) is 5.02 Å². The van der Waals surface area contributed by atoms with Gasteiger partial charge < -0.3 is 20.4 Å². The van der Waals surface area contributed by atoms with Crippen LogP contribution in [0.4, 0.5) is 5.69 Å². The number of methoxy groups -OCH3 is 1. The van der Waals surface area contributed by atoms with Crippen LogP contribution in [0, 0.1) is 6.92 Å². The molecule has 1 aliphatic rings. The summed E-state index contributed by atoms with van der Waals surface area (Å²) < 4.78 is 4.84. The lowest BCUT2D eigenvalue weighted by Crippen LogP contribution is -2.28. The molecule has 0 aliphatic heterocycles. The average molecular weight is 467 g/mol. The quantitative estimate of drug-likeness (QED) is 0.459. The molecule has 1 aromatic heterocycles. The average Bonchev–Trinajstić information content (AvgIpc) is 3.51. The number of aryl methyl sites for hydroxylation is 1. The number of esters is 1. The van der Waals surface area contributed by atoms with Crippen molar-refractivity contribution in [3.63, 3.8) is 0 Å². The number of ether oxygens (including phenoxy) is 1. The van der Waals surface area contributed by atoms with Crippen LogP contribution in [0.3, 0.4) is 0 Å². The molecule has 0 unspecified atom stereocenters. The van der Waals surface area contributed by atoms with Crippen LogP contribution in [0.5, 0.6) is 0 Å². The molecule has 0 spiro atoms. The molecule has 9 heteroatoms. The van der Waals surface area contributed by atoms with Crippen molar-refractivity contribution in [2.45, 2.75) is 31.7 Å². The number of carbonyl (C=O) groups is 3. The van der Waals surface area contributed by atoms with Crippen LogP contribution < -0.4 is 10.6 Å². The monoisotopic (exact) mass is 466 g/mol. The molecule has 170 valence electrons. The number of anilines is 1. The molecule has 0 radical (unpaired) electrons. The van der Waals surface area contributed by atoms with Crippen LogP contribution >= 0.6 is 11.6 Å². The number of hydrogen-bond donors (Lipinski definition) is 3. The number of aromatic nitrogens is 2. The van der Waals surface area contributed by atoms with E-state index in [1.54, 1.807) is 43.5 Å². The Bertz CT molecular complexity index is 1220. The number of H-pyrrole nitrogens is 1. The first-order valence-corrected chi connectivity index (χ1v) is 10.8. The summed E-state index contributed by atoms with van der Waals surface area (Å²) in [4.78, 5) is 44.5. The highest BCUT2D eigenvalue weighted by Crippen LogP contribution is 2.49. The number of rotatable bonds is 7. The molecule has 0 atom stereocenters. The standard InChI is InChI=1S/C24H23ClN4O4/c1-14-12-26-20(28-14)21(30)27-13-15-9-16(22(31)33-2)11-19(10-15)29-23(32)24(7-8-24)17-3-5-18(25)6-4-17/h3-6,9-12H,7-8,13H2,1-2H3,(H,26,28)(H,27,30)(H,29,32). The molecule has 1 aliphatic carbocycles. The van der Waals surface area contributed by atoms with Gasteiger partial charge in [-0.25, -0.2) is 9.78 Å². The number of benzene rings is 2. The van der Waals surface area contributed by atoms with Crippen LogP contribution in [0.25, 0.3) is 0 Å². The molecular weight excluding hydrogens is 444 g/mol. The number of aromatic amines is 1. The van der Waals surface area contributed by atoms with Crippen LogP contribution in [-0.2, 0) is 21.5 Å². The SMILES string of the molecule is COC(=O)c1cc(CNC(=O)c2ncc(C)[nH]2)cc(NC(=O)C2(c3ccc(Cl)cc3)CC2)c1. The Labute approximate surface area is 195 Å². The number of imidazole rings is 1. The van der Waals surface area contributed by atoms with Gasteiger partial charge in [-0.2, -0.15) is 0 Å². The largest absolute Gasteiger partial charge is 0.465 e. The first-order chi connectivity index (χ1) is 15.8. The number of hydrogen-bond acceptors (Lipinski definition) is 5. The lowest BCUT2D eigenvalue weighted by atomic mass is 9.95. The van der Waals surface area contributed by atoms with Gasteiger partial charge in [-0.05, 0) is 61.2 Å². The van der Waals surface area contributed by atoms with Crippen molar-refractivity contribution in [1.82, 2.24) is 15.3 Å². The van der Waals surface area contributed by atoms with E-state index in [0.717, 1.165) is 24.1 Å². The van der Waals surface area contributed by atoms with Gasteiger partial charge in [-0.15, -0.1) is 0 Å². The fourth-order valence-corrected chi connectivity index (χ4v) is 3.81. The van der Waals surface area contributed by atoms with E-state index >= 15 is 0 Å². The maximum atomic E-state index is 13.2. The smallest absolute Gasteiger partial charge is 0.337 e. The first kappa shape index (κ1) is 22.5. The van der Waals surface area contributed by atoms with Crippen molar-refractivity contribution in [3.8, 4) is 0 Å². The van der Waals surface area contributed by atoms with E-state index in [-0.39, 0.29) is 29.7 Å². The molecule has 2 aromatic carbocycles. The zero-order valence-electron chi connectivity index (χ0n) is 18.2. The summed E-state index contributed by atoms with van der Waals surface area (Å²) in [5.74, 6) is -0.882. The molecule has 3 N–H and O–H groups in total. The van der Waals surface area contributed by atoms with Crippen LogP contribution in [-0.4, -0.2) is 34.9 Å². The van der Waals surface area contributed by atoms with E-state index in [4.69, 9.17) is 16.3 Å². The number of carbonyl (C=O) groups excluding carboxylic acids is 3.